The van der Waals surface area contributed by atoms with Gasteiger partial charge in [0.1, 0.15) is 5.82 Å². The molecule has 1 aromatic rings. The Labute approximate surface area is 131 Å². The minimum absolute atomic E-state index is 0.0697. The Morgan fingerprint density at radius 3 is 3.24 bits per heavy atom. The molecular formula is C15H26N4OS. The molecule has 118 valence electrons. The van der Waals surface area contributed by atoms with Crippen LogP contribution in [0.5, 0.6) is 0 Å². The van der Waals surface area contributed by atoms with Crippen LogP contribution in [0.3, 0.4) is 0 Å². The van der Waals surface area contributed by atoms with Crippen LogP contribution in [0, 0.1) is 0 Å². The van der Waals surface area contributed by atoms with Crippen LogP contribution in [-0.4, -0.2) is 51.5 Å². The Bertz CT molecular complexity index is 423. The second-order valence-electron chi connectivity index (χ2n) is 5.60. The van der Waals surface area contributed by atoms with E-state index in [4.69, 9.17) is 0 Å². The zero-order chi connectivity index (χ0) is 15.1. The van der Waals surface area contributed by atoms with E-state index in [9.17, 15) is 4.79 Å². The molecule has 1 aliphatic rings. The highest BCUT2D eigenvalue weighted by atomic mass is 32.2. The molecule has 0 spiro atoms. The number of thioether (sulfide) groups is 1. The minimum atomic E-state index is 0.0697. The fourth-order valence-electron chi connectivity index (χ4n) is 2.66. The van der Waals surface area contributed by atoms with E-state index in [2.05, 4.69) is 29.1 Å². The number of aromatic nitrogens is 2. The van der Waals surface area contributed by atoms with Crippen LogP contribution >= 0.6 is 11.8 Å². The molecule has 1 aromatic heterocycles. The van der Waals surface area contributed by atoms with Gasteiger partial charge in [0.05, 0.1) is 0 Å². The van der Waals surface area contributed by atoms with Crippen molar-refractivity contribution in [2.75, 3.05) is 24.6 Å². The number of hydrogen-bond acceptors (Lipinski definition) is 3. The molecule has 1 saturated heterocycles. The molecule has 0 unspecified atom stereocenters. The maximum absolute atomic E-state index is 12.3. The van der Waals surface area contributed by atoms with Gasteiger partial charge in [-0.2, -0.15) is 11.8 Å². The fourth-order valence-corrected chi connectivity index (χ4v) is 3.47. The lowest BCUT2D eigenvalue weighted by Gasteiger charge is -2.32. The molecule has 1 fully saturated rings. The van der Waals surface area contributed by atoms with Gasteiger partial charge in [-0.25, -0.2) is 9.78 Å². The van der Waals surface area contributed by atoms with Gasteiger partial charge in [-0.05, 0) is 37.7 Å². The molecule has 0 radical (unpaired) electrons. The molecule has 2 amide bonds. The molecule has 0 saturated carbocycles. The Hall–Kier alpha value is -1.17. The number of urea groups is 1. The van der Waals surface area contributed by atoms with Crippen molar-refractivity contribution in [3.8, 4) is 0 Å². The van der Waals surface area contributed by atoms with Gasteiger partial charge in [0.25, 0.3) is 0 Å². The van der Waals surface area contributed by atoms with Gasteiger partial charge in [-0.1, -0.05) is 6.92 Å². The van der Waals surface area contributed by atoms with Crippen molar-refractivity contribution in [1.82, 2.24) is 20.2 Å². The summed E-state index contributed by atoms with van der Waals surface area (Å²) in [6.45, 7) is 5.85. The molecule has 5 nitrogen and oxygen atoms in total. The van der Waals surface area contributed by atoms with Gasteiger partial charge in [0.15, 0.2) is 0 Å². The van der Waals surface area contributed by atoms with Crippen molar-refractivity contribution in [3.05, 3.63) is 18.2 Å². The van der Waals surface area contributed by atoms with E-state index in [-0.39, 0.29) is 12.1 Å². The minimum Gasteiger partial charge on any atom is -0.348 e. The van der Waals surface area contributed by atoms with Crippen LogP contribution in [0.4, 0.5) is 4.79 Å². The van der Waals surface area contributed by atoms with E-state index in [1.54, 1.807) is 6.20 Å². The van der Waals surface area contributed by atoms with Crippen molar-refractivity contribution in [2.24, 2.45) is 0 Å². The standard InChI is InChI=1S/C15H26N4OS/c1-3-21-10-6-12(2)18-15(20)19-9-4-5-13(11-19)14-16-7-8-17-14/h7-8,12-13H,3-6,9-11H2,1-2H3,(H,16,17)(H,18,20)/t12-,13+/m1/s1. The number of nitrogens with one attached hydrogen (secondary N) is 2. The Morgan fingerprint density at radius 1 is 1.67 bits per heavy atom. The molecule has 0 aliphatic carbocycles. The van der Waals surface area contributed by atoms with E-state index in [0.29, 0.717) is 5.92 Å². The summed E-state index contributed by atoms with van der Waals surface area (Å²) in [7, 11) is 0. The molecule has 6 heteroatoms. The predicted octanol–water partition coefficient (Wildman–Crippen LogP) is 2.83. The van der Waals surface area contributed by atoms with Crippen molar-refractivity contribution in [3.63, 3.8) is 0 Å². The Balaban J connectivity index is 1.79. The number of rotatable bonds is 6. The van der Waals surface area contributed by atoms with Crippen LogP contribution in [0.1, 0.15) is 44.9 Å². The molecule has 2 N–H and O–H groups in total. The van der Waals surface area contributed by atoms with Crippen LogP contribution in [0.15, 0.2) is 12.4 Å². The lowest BCUT2D eigenvalue weighted by Crippen LogP contribution is -2.47. The number of amides is 2. The smallest absolute Gasteiger partial charge is 0.317 e. The summed E-state index contributed by atoms with van der Waals surface area (Å²) >= 11 is 1.92. The molecule has 0 aromatic carbocycles. The Kier molecular flexibility index (Phi) is 6.42. The van der Waals surface area contributed by atoms with Crippen molar-refractivity contribution in [1.29, 1.82) is 0 Å². The third-order valence-electron chi connectivity index (χ3n) is 3.88. The number of hydrogen-bond donors (Lipinski definition) is 2. The van der Waals surface area contributed by atoms with Gasteiger partial charge < -0.3 is 15.2 Å². The molecule has 1 aliphatic heterocycles. The SMILES string of the molecule is CCSCC[C@@H](C)NC(=O)N1CCC[C@H](c2ncc[nH]2)C1. The molecule has 21 heavy (non-hydrogen) atoms. The number of nitrogens with zero attached hydrogens (tertiary/aromatic N) is 2. The lowest BCUT2D eigenvalue weighted by atomic mass is 9.97. The highest BCUT2D eigenvalue weighted by Gasteiger charge is 2.26. The summed E-state index contributed by atoms with van der Waals surface area (Å²) in [5.74, 6) is 3.58. The maximum Gasteiger partial charge on any atom is 0.317 e. The summed E-state index contributed by atoms with van der Waals surface area (Å²) in [6, 6.07) is 0.306. The third kappa shape index (κ3) is 4.95. The van der Waals surface area contributed by atoms with Gasteiger partial charge in [0, 0.05) is 37.4 Å². The summed E-state index contributed by atoms with van der Waals surface area (Å²) < 4.78 is 0. The predicted molar refractivity (Wildman–Crippen MR) is 87.7 cm³/mol. The number of carbonyl (C=O) groups excluding carboxylic acids is 1. The fraction of sp³-hybridized carbons (Fsp3) is 0.733. The second-order valence-corrected chi connectivity index (χ2v) is 6.99. The van der Waals surface area contributed by atoms with E-state index < -0.39 is 0 Å². The summed E-state index contributed by atoms with van der Waals surface area (Å²) in [4.78, 5) is 21.8. The summed E-state index contributed by atoms with van der Waals surface area (Å²) in [5, 5.41) is 3.12. The normalized spacial score (nSPS) is 20.3. The van der Waals surface area contributed by atoms with E-state index in [1.165, 1.54) is 0 Å². The van der Waals surface area contributed by atoms with Gasteiger partial charge in [-0.3, -0.25) is 0 Å². The first-order valence-electron chi connectivity index (χ1n) is 7.83. The quantitative estimate of drug-likeness (QED) is 0.794. The van der Waals surface area contributed by atoms with Crippen molar-refractivity contribution >= 4 is 17.8 Å². The van der Waals surface area contributed by atoms with Crippen LogP contribution in [0.25, 0.3) is 0 Å². The number of likely N-dealkylation sites (tertiary alicyclic amines) is 1. The maximum atomic E-state index is 12.3. The first-order chi connectivity index (χ1) is 10.2. The number of H-pyrrole nitrogens is 1. The molecule has 2 heterocycles. The summed E-state index contributed by atoms with van der Waals surface area (Å²) in [5.41, 5.74) is 0. The first-order valence-corrected chi connectivity index (χ1v) is 8.98. The number of carbonyl (C=O) groups is 1. The largest absolute Gasteiger partial charge is 0.348 e. The topological polar surface area (TPSA) is 61.0 Å². The Morgan fingerprint density at radius 2 is 2.52 bits per heavy atom. The van der Waals surface area contributed by atoms with Crippen LogP contribution in [0.2, 0.25) is 0 Å². The molecule has 2 rings (SSSR count). The number of piperidine rings is 1. The zero-order valence-electron chi connectivity index (χ0n) is 13.0. The third-order valence-corrected chi connectivity index (χ3v) is 4.82. The van der Waals surface area contributed by atoms with E-state index >= 15 is 0 Å². The van der Waals surface area contributed by atoms with Crippen LogP contribution in [-0.2, 0) is 0 Å². The number of imidazole rings is 1. The average Bonchev–Trinajstić information content (AvgIpc) is 3.02. The van der Waals surface area contributed by atoms with Gasteiger partial charge in [0.2, 0.25) is 0 Å². The van der Waals surface area contributed by atoms with Gasteiger partial charge >= 0.3 is 6.03 Å². The average molecular weight is 310 g/mol. The number of aromatic amines is 1. The molecular weight excluding hydrogens is 284 g/mol. The van der Waals surface area contributed by atoms with Crippen LogP contribution < -0.4 is 5.32 Å². The van der Waals surface area contributed by atoms with Crippen molar-refractivity contribution < 1.29 is 4.79 Å². The molecule has 2 atom stereocenters. The lowest BCUT2D eigenvalue weighted by molar-refractivity contribution is 0.175. The summed E-state index contributed by atoms with van der Waals surface area (Å²) in [6.07, 6.45) is 6.79. The van der Waals surface area contributed by atoms with Gasteiger partial charge in [-0.15, -0.1) is 0 Å². The van der Waals surface area contributed by atoms with Crippen molar-refractivity contribution in [2.45, 2.75) is 45.1 Å². The second kappa shape index (κ2) is 8.32. The molecule has 0 bridgehead atoms. The monoisotopic (exact) mass is 310 g/mol. The first kappa shape index (κ1) is 16.2. The highest BCUT2D eigenvalue weighted by molar-refractivity contribution is 7.99. The zero-order valence-corrected chi connectivity index (χ0v) is 13.8. The van der Waals surface area contributed by atoms with E-state index in [0.717, 1.165) is 49.7 Å². The van der Waals surface area contributed by atoms with E-state index in [1.807, 2.05) is 22.9 Å². The highest BCUT2D eigenvalue weighted by Crippen LogP contribution is 2.24.